The Morgan fingerprint density at radius 1 is 1.44 bits per heavy atom. The van der Waals surface area contributed by atoms with Crippen LogP contribution < -0.4 is 5.32 Å². The maximum atomic E-state index is 6.09. The maximum absolute atomic E-state index is 6.09. The van der Waals surface area contributed by atoms with Gasteiger partial charge in [0.15, 0.2) is 0 Å². The molecule has 0 unspecified atom stereocenters. The minimum absolute atomic E-state index is 0.170. The van der Waals surface area contributed by atoms with Crippen LogP contribution in [0.4, 0.5) is 0 Å². The van der Waals surface area contributed by atoms with Gasteiger partial charge >= 0.3 is 0 Å². The van der Waals surface area contributed by atoms with Crippen molar-refractivity contribution in [3.63, 3.8) is 0 Å². The highest BCUT2D eigenvalue weighted by Crippen LogP contribution is 2.25. The summed E-state index contributed by atoms with van der Waals surface area (Å²) in [6.07, 6.45) is 0. The predicted molar refractivity (Wildman–Crippen MR) is 67.8 cm³/mol. The number of nitrogens with one attached hydrogen (secondary N) is 2. The smallest absolute Gasteiger partial charge is 0.127 e. The van der Waals surface area contributed by atoms with Crippen molar-refractivity contribution in [2.45, 2.75) is 26.3 Å². The highest BCUT2D eigenvalue weighted by molar-refractivity contribution is 6.34. The number of aromatic amines is 1. The number of benzene rings is 1. The van der Waals surface area contributed by atoms with Crippen molar-refractivity contribution in [1.82, 2.24) is 15.3 Å². The Kier molecular flexibility index (Phi) is 2.91. The molecule has 1 heterocycles. The Morgan fingerprint density at radius 2 is 2.19 bits per heavy atom. The largest absolute Gasteiger partial charge is 0.340 e. The lowest BCUT2D eigenvalue weighted by molar-refractivity contribution is 0.395. The molecular formula is C12H16ClN3. The zero-order chi connectivity index (χ0) is 11.8. The summed E-state index contributed by atoms with van der Waals surface area (Å²) in [5, 5.41) is 4.07. The monoisotopic (exact) mass is 237 g/mol. The van der Waals surface area contributed by atoms with Crippen LogP contribution in [0.1, 0.15) is 26.6 Å². The van der Waals surface area contributed by atoms with Crippen LogP contribution in [-0.4, -0.2) is 16.5 Å². The summed E-state index contributed by atoms with van der Waals surface area (Å²) in [7, 11) is 0. The fraction of sp³-hybridized carbons (Fsp3) is 0.417. The average Bonchev–Trinajstić information content (AvgIpc) is 2.63. The Balaban J connectivity index is 2.51. The van der Waals surface area contributed by atoms with E-state index in [9.17, 15) is 0 Å². The van der Waals surface area contributed by atoms with Gasteiger partial charge < -0.3 is 10.3 Å². The molecule has 0 saturated carbocycles. The Labute approximate surface area is 100 Å². The molecule has 0 bridgehead atoms. The summed E-state index contributed by atoms with van der Waals surface area (Å²) in [5.74, 6) is 0.914. The molecule has 0 fully saturated rings. The van der Waals surface area contributed by atoms with Crippen molar-refractivity contribution in [2.75, 3.05) is 6.54 Å². The molecule has 2 rings (SSSR count). The molecule has 3 nitrogen and oxygen atoms in total. The van der Waals surface area contributed by atoms with Gasteiger partial charge in [-0.3, -0.25) is 0 Å². The fourth-order valence-electron chi connectivity index (χ4n) is 1.82. The summed E-state index contributed by atoms with van der Waals surface area (Å²) in [4.78, 5) is 7.86. The summed E-state index contributed by atoms with van der Waals surface area (Å²) in [6.45, 7) is 7.18. The van der Waals surface area contributed by atoms with Gasteiger partial charge in [0.1, 0.15) is 11.3 Å². The second kappa shape index (κ2) is 4.07. The number of hydrogen-bond acceptors (Lipinski definition) is 2. The predicted octanol–water partition coefficient (Wildman–Crippen LogP) is 3.06. The number of imidazole rings is 1. The number of aromatic nitrogens is 2. The first-order valence-electron chi connectivity index (χ1n) is 5.44. The van der Waals surface area contributed by atoms with Crippen LogP contribution in [0.25, 0.3) is 11.0 Å². The highest BCUT2D eigenvalue weighted by atomic mass is 35.5. The molecular weight excluding hydrogens is 222 g/mol. The van der Waals surface area contributed by atoms with Gasteiger partial charge in [0, 0.05) is 0 Å². The molecule has 0 radical (unpaired) electrons. The van der Waals surface area contributed by atoms with Gasteiger partial charge in [-0.25, -0.2) is 4.98 Å². The molecule has 4 heteroatoms. The fourth-order valence-corrected chi connectivity index (χ4v) is 2.04. The number of para-hydroxylation sites is 1. The van der Waals surface area contributed by atoms with Crippen LogP contribution in [0.15, 0.2) is 18.2 Å². The zero-order valence-corrected chi connectivity index (χ0v) is 10.5. The molecule has 0 aliphatic heterocycles. The molecule has 1 aromatic heterocycles. The number of hydrogen-bond donors (Lipinski definition) is 2. The minimum atomic E-state index is -0.170. The first-order valence-corrected chi connectivity index (χ1v) is 5.82. The van der Waals surface area contributed by atoms with Gasteiger partial charge in [-0.05, 0) is 32.5 Å². The minimum Gasteiger partial charge on any atom is -0.340 e. The Hall–Kier alpha value is -1.06. The van der Waals surface area contributed by atoms with Crippen molar-refractivity contribution in [3.05, 3.63) is 29.0 Å². The molecule has 2 aromatic rings. The van der Waals surface area contributed by atoms with Crippen LogP contribution in [0, 0.1) is 0 Å². The van der Waals surface area contributed by atoms with Gasteiger partial charge in [-0.2, -0.15) is 0 Å². The van der Waals surface area contributed by atoms with Crippen molar-refractivity contribution in [3.8, 4) is 0 Å². The van der Waals surface area contributed by atoms with Crippen molar-refractivity contribution in [1.29, 1.82) is 0 Å². The van der Waals surface area contributed by atoms with Gasteiger partial charge in [-0.1, -0.05) is 24.6 Å². The number of halogens is 1. The summed E-state index contributed by atoms with van der Waals surface area (Å²) in [6, 6.07) is 5.77. The Morgan fingerprint density at radius 3 is 2.81 bits per heavy atom. The molecule has 0 saturated heterocycles. The third-order valence-electron chi connectivity index (χ3n) is 2.67. The van der Waals surface area contributed by atoms with Crippen molar-refractivity contribution >= 4 is 22.6 Å². The van der Waals surface area contributed by atoms with Crippen molar-refractivity contribution in [2.24, 2.45) is 0 Å². The SMILES string of the molecule is CCNC(C)(C)c1nc2c(Cl)cccc2[nH]1. The van der Waals surface area contributed by atoms with Crippen LogP contribution in [0.3, 0.4) is 0 Å². The molecule has 0 spiro atoms. The van der Waals surface area contributed by atoms with Crippen molar-refractivity contribution < 1.29 is 0 Å². The van der Waals surface area contributed by atoms with Crippen LogP contribution in [0.2, 0.25) is 5.02 Å². The highest BCUT2D eigenvalue weighted by Gasteiger charge is 2.23. The molecule has 0 aliphatic carbocycles. The molecule has 16 heavy (non-hydrogen) atoms. The second-order valence-electron chi connectivity index (χ2n) is 4.38. The molecule has 0 atom stereocenters. The number of nitrogens with zero attached hydrogens (tertiary/aromatic N) is 1. The van der Waals surface area contributed by atoms with E-state index < -0.39 is 0 Å². The van der Waals surface area contributed by atoms with Gasteiger partial charge in [0.2, 0.25) is 0 Å². The quantitative estimate of drug-likeness (QED) is 0.862. The number of fused-ring (bicyclic) bond motifs is 1. The number of rotatable bonds is 3. The standard InChI is InChI=1S/C12H16ClN3/c1-4-14-12(2,3)11-15-9-7-5-6-8(13)10(9)16-11/h5-7,14H,4H2,1-3H3,(H,15,16). The molecule has 0 aliphatic rings. The third-order valence-corrected chi connectivity index (χ3v) is 2.98. The molecule has 2 N–H and O–H groups in total. The van der Waals surface area contributed by atoms with Gasteiger partial charge in [-0.15, -0.1) is 0 Å². The normalized spacial score (nSPS) is 12.2. The lowest BCUT2D eigenvalue weighted by Gasteiger charge is -2.22. The van der Waals surface area contributed by atoms with E-state index in [1.54, 1.807) is 0 Å². The third kappa shape index (κ3) is 1.93. The first kappa shape index (κ1) is 11.4. The molecule has 1 aromatic carbocycles. The maximum Gasteiger partial charge on any atom is 0.127 e. The van der Waals surface area contributed by atoms with Gasteiger partial charge in [0.25, 0.3) is 0 Å². The molecule has 0 amide bonds. The van der Waals surface area contributed by atoms with E-state index in [1.165, 1.54) is 0 Å². The zero-order valence-electron chi connectivity index (χ0n) is 9.76. The van der Waals surface area contributed by atoms with E-state index in [-0.39, 0.29) is 5.54 Å². The average molecular weight is 238 g/mol. The Bertz CT molecular complexity index is 502. The summed E-state index contributed by atoms with van der Waals surface area (Å²) >= 11 is 6.09. The van der Waals surface area contributed by atoms with Crippen LogP contribution in [-0.2, 0) is 5.54 Å². The second-order valence-corrected chi connectivity index (χ2v) is 4.78. The topological polar surface area (TPSA) is 40.7 Å². The van der Waals surface area contributed by atoms with Gasteiger partial charge in [0.05, 0.1) is 16.1 Å². The van der Waals surface area contributed by atoms with Crippen LogP contribution >= 0.6 is 11.6 Å². The van der Waals surface area contributed by atoms with E-state index in [0.717, 1.165) is 23.4 Å². The lowest BCUT2D eigenvalue weighted by Crippen LogP contribution is -2.37. The van der Waals surface area contributed by atoms with Crippen LogP contribution in [0.5, 0.6) is 0 Å². The van der Waals surface area contributed by atoms with E-state index >= 15 is 0 Å². The number of H-pyrrole nitrogens is 1. The van der Waals surface area contributed by atoms with E-state index in [1.807, 2.05) is 18.2 Å². The molecule has 86 valence electrons. The van der Waals surface area contributed by atoms with E-state index in [2.05, 4.69) is 36.1 Å². The first-order chi connectivity index (χ1) is 7.54. The summed E-state index contributed by atoms with van der Waals surface area (Å²) < 4.78 is 0. The van der Waals surface area contributed by atoms with E-state index in [4.69, 9.17) is 11.6 Å². The summed E-state index contributed by atoms with van der Waals surface area (Å²) in [5.41, 5.74) is 1.65. The lowest BCUT2D eigenvalue weighted by atomic mass is 10.1. The van der Waals surface area contributed by atoms with E-state index in [0.29, 0.717) is 5.02 Å².